The molecule has 24 nitrogen and oxygen atoms in total. The van der Waals surface area contributed by atoms with E-state index >= 15 is 0 Å². The average Bonchev–Trinajstić information content (AvgIpc) is 4.15. The molecule has 0 spiro atoms. The largest absolute Gasteiger partial charge is 0.480 e. The molecule has 0 unspecified atom stereocenters. The highest BCUT2D eigenvalue weighted by Crippen LogP contribution is 2.27. The minimum absolute atomic E-state index is 0.0698. The molecule has 70 heavy (non-hydrogen) atoms. The average molecular weight is 986 g/mol. The molecule has 4 heterocycles. The molecule has 0 aliphatic carbocycles. The first-order valence-electron chi connectivity index (χ1n) is 24.5. The number of hydrogen-bond acceptors (Lipinski definition) is 13. The van der Waals surface area contributed by atoms with Crippen molar-refractivity contribution in [2.24, 2.45) is 29.0 Å². The van der Waals surface area contributed by atoms with Crippen LogP contribution in [-0.4, -0.2) is 169 Å². The van der Waals surface area contributed by atoms with Crippen LogP contribution >= 0.6 is 0 Å². The molecule has 4 rings (SSSR count). The maximum Gasteiger partial charge on any atom is 0.326 e. The van der Waals surface area contributed by atoms with Gasteiger partial charge in [-0.1, -0.05) is 27.7 Å². The molecule has 0 saturated carbocycles. The second-order valence-corrected chi connectivity index (χ2v) is 19.5. The standard InChI is InChI=1S/C46H75N13O11/c1-25(2)19-31(40(63)53-30(11-6-7-15-47)39(62)56-33(46(69)70)21-28-23-50-24-51-28)54-41(64)35-13-9-17-58(35)45(68)36-14-10-18-59(36)44(67)32(20-26(3)4)55-42(65)34-12-8-16-57(34)43(66)27(5)52-38(61)29(48)22-37(49)60/h23-27,29-36H,6-22,47-48H2,1-5H3,(H2,49,60)(H,50,51)(H,52,61)(H,53,63)(H,54,64)(H,55,65)(H,56,62)(H,69,70)/t27-,29-,30-,31-,32-,33-,34-,35-,36-/m0/s1. The van der Waals surface area contributed by atoms with E-state index in [0.29, 0.717) is 57.2 Å². The summed E-state index contributed by atoms with van der Waals surface area (Å²) >= 11 is 0. The summed E-state index contributed by atoms with van der Waals surface area (Å²) in [7, 11) is 0. The minimum Gasteiger partial charge on any atom is -0.480 e. The summed E-state index contributed by atoms with van der Waals surface area (Å²) in [6, 6.07) is -9.86. The molecule has 0 radical (unpaired) electrons. The van der Waals surface area contributed by atoms with Crippen LogP contribution in [0.3, 0.4) is 0 Å². The van der Waals surface area contributed by atoms with Crippen molar-refractivity contribution >= 4 is 59.1 Å². The SMILES string of the molecule is CC(C)C[C@H](NC(=O)[C@@H]1CCCN1C(=O)[C@@H]1CCCN1C(=O)[C@H](CC(C)C)NC(=O)[C@@H]1CCCN1C(=O)[C@H](C)NC(=O)[C@@H](N)CC(N)=O)C(=O)N[C@@H](CCCCN)C(=O)N[C@@H](Cc1cnc[nH]1)C(=O)O. The van der Waals surface area contributed by atoms with Gasteiger partial charge >= 0.3 is 5.97 Å². The number of aromatic amines is 1. The zero-order valence-corrected chi connectivity index (χ0v) is 41.1. The van der Waals surface area contributed by atoms with E-state index in [9.17, 15) is 53.1 Å². The lowest BCUT2D eigenvalue weighted by Crippen LogP contribution is -2.60. The second kappa shape index (κ2) is 26.7. The number of rotatable bonds is 26. The number of carbonyl (C=O) groups excluding carboxylic acids is 9. The third-order valence-corrected chi connectivity index (χ3v) is 12.8. The van der Waals surface area contributed by atoms with Crippen molar-refractivity contribution in [1.82, 2.24) is 51.3 Å². The number of amides is 9. The summed E-state index contributed by atoms with van der Waals surface area (Å²) in [5.74, 6) is -6.99. The Bertz CT molecular complexity index is 2020. The fourth-order valence-corrected chi connectivity index (χ4v) is 9.28. The van der Waals surface area contributed by atoms with E-state index in [1.807, 2.05) is 27.7 Å². The number of likely N-dealkylation sites (tertiary alicyclic amines) is 3. The number of unbranched alkanes of at least 4 members (excludes halogenated alkanes) is 1. The van der Waals surface area contributed by atoms with Gasteiger partial charge in [0.1, 0.15) is 48.3 Å². The van der Waals surface area contributed by atoms with E-state index in [-0.39, 0.29) is 63.6 Å². The Morgan fingerprint density at radius 3 is 1.77 bits per heavy atom. The topological polar surface area (TPSA) is 368 Å². The van der Waals surface area contributed by atoms with Gasteiger partial charge in [-0.05, 0) is 95.9 Å². The van der Waals surface area contributed by atoms with Crippen molar-refractivity contribution in [1.29, 1.82) is 0 Å². The molecule has 3 fully saturated rings. The van der Waals surface area contributed by atoms with Crippen molar-refractivity contribution in [3.8, 4) is 0 Å². The summed E-state index contributed by atoms with van der Waals surface area (Å²) in [4.78, 5) is 145. The van der Waals surface area contributed by atoms with Gasteiger partial charge in [-0.3, -0.25) is 43.2 Å². The van der Waals surface area contributed by atoms with Crippen LogP contribution in [-0.2, 0) is 54.4 Å². The van der Waals surface area contributed by atoms with Crippen LogP contribution in [0.5, 0.6) is 0 Å². The summed E-state index contributed by atoms with van der Waals surface area (Å²) in [5, 5.41) is 23.3. The number of carboxylic acids is 1. The molecule has 0 aromatic carbocycles. The molecule has 390 valence electrons. The van der Waals surface area contributed by atoms with Gasteiger partial charge in [0.05, 0.1) is 18.8 Å². The minimum atomic E-state index is -1.33. The Labute approximate surface area is 408 Å². The number of imidazole rings is 1. The zero-order chi connectivity index (χ0) is 51.8. The molecular weight excluding hydrogens is 911 g/mol. The Morgan fingerprint density at radius 2 is 1.21 bits per heavy atom. The molecule has 9 amide bonds. The third-order valence-electron chi connectivity index (χ3n) is 12.8. The highest BCUT2D eigenvalue weighted by Gasteiger charge is 2.45. The van der Waals surface area contributed by atoms with Crippen LogP contribution in [0.15, 0.2) is 12.5 Å². The van der Waals surface area contributed by atoms with E-state index in [4.69, 9.17) is 17.2 Å². The smallest absolute Gasteiger partial charge is 0.326 e. The number of nitrogens with zero attached hydrogens (tertiary/aromatic N) is 4. The highest BCUT2D eigenvalue weighted by atomic mass is 16.4. The van der Waals surface area contributed by atoms with Gasteiger partial charge in [-0.2, -0.15) is 0 Å². The first-order valence-corrected chi connectivity index (χ1v) is 24.5. The lowest BCUT2D eigenvalue weighted by molar-refractivity contribution is -0.148. The number of hydrogen-bond donors (Lipinski definition) is 10. The molecule has 1 aromatic heterocycles. The van der Waals surface area contributed by atoms with Crippen LogP contribution in [0.1, 0.15) is 117 Å². The number of nitrogens with one attached hydrogen (secondary N) is 6. The van der Waals surface area contributed by atoms with Crippen molar-refractivity contribution in [3.05, 3.63) is 18.2 Å². The van der Waals surface area contributed by atoms with Crippen molar-refractivity contribution in [2.75, 3.05) is 26.2 Å². The van der Waals surface area contributed by atoms with Crippen molar-refractivity contribution in [2.45, 2.75) is 172 Å². The van der Waals surface area contributed by atoms with Crippen LogP contribution in [0.2, 0.25) is 0 Å². The summed E-state index contributed by atoms with van der Waals surface area (Å²) in [6.45, 7) is 9.91. The van der Waals surface area contributed by atoms with Gasteiger partial charge in [0.15, 0.2) is 0 Å². The Balaban J connectivity index is 1.44. The van der Waals surface area contributed by atoms with Gasteiger partial charge < -0.3 is 68.6 Å². The number of nitrogens with two attached hydrogens (primary N) is 3. The van der Waals surface area contributed by atoms with Crippen molar-refractivity contribution in [3.63, 3.8) is 0 Å². The Hall–Kier alpha value is -6.17. The van der Waals surface area contributed by atoms with Crippen LogP contribution in [0.25, 0.3) is 0 Å². The van der Waals surface area contributed by atoms with Gasteiger partial charge in [-0.25, -0.2) is 9.78 Å². The fourth-order valence-electron chi connectivity index (χ4n) is 9.28. The number of carboxylic acid groups (broad SMARTS) is 1. The number of primary amides is 1. The number of H-pyrrole nitrogens is 1. The van der Waals surface area contributed by atoms with E-state index in [1.165, 1.54) is 34.1 Å². The summed E-state index contributed by atoms with van der Waals surface area (Å²) in [5.41, 5.74) is 17.1. The summed E-state index contributed by atoms with van der Waals surface area (Å²) < 4.78 is 0. The third kappa shape index (κ3) is 15.9. The molecule has 1 aromatic rings. The van der Waals surface area contributed by atoms with E-state index in [0.717, 1.165) is 0 Å². The molecule has 3 saturated heterocycles. The normalized spacial score (nSPS) is 20.5. The maximum absolute atomic E-state index is 14.5. The molecule has 24 heteroatoms. The molecule has 3 aliphatic rings. The predicted octanol–water partition coefficient (Wildman–Crippen LogP) is -2.12. The first kappa shape index (κ1) is 56.4. The number of aliphatic carboxylic acids is 1. The molecule has 3 aliphatic heterocycles. The first-order chi connectivity index (χ1) is 33.1. The van der Waals surface area contributed by atoms with E-state index in [2.05, 4.69) is 36.6 Å². The van der Waals surface area contributed by atoms with Crippen LogP contribution < -0.4 is 43.8 Å². The highest BCUT2D eigenvalue weighted by molar-refractivity contribution is 5.99. The predicted molar refractivity (Wildman–Crippen MR) is 253 cm³/mol. The van der Waals surface area contributed by atoms with Gasteiger partial charge in [0, 0.05) is 37.9 Å². The van der Waals surface area contributed by atoms with Gasteiger partial charge in [-0.15, -0.1) is 0 Å². The number of carbonyl (C=O) groups is 10. The monoisotopic (exact) mass is 986 g/mol. The fraction of sp³-hybridized carbons (Fsp3) is 0.717. The van der Waals surface area contributed by atoms with Crippen LogP contribution in [0.4, 0.5) is 0 Å². The molecule has 9 atom stereocenters. The van der Waals surface area contributed by atoms with E-state index < -0.39 is 120 Å². The zero-order valence-electron chi connectivity index (χ0n) is 41.1. The Kier molecular flexibility index (Phi) is 21.5. The molecule has 0 bridgehead atoms. The van der Waals surface area contributed by atoms with Gasteiger partial charge in [0.25, 0.3) is 0 Å². The van der Waals surface area contributed by atoms with E-state index in [1.54, 1.807) is 0 Å². The van der Waals surface area contributed by atoms with Gasteiger partial charge in [0.2, 0.25) is 53.2 Å². The maximum atomic E-state index is 14.5. The Morgan fingerprint density at radius 1 is 0.686 bits per heavy atom. The van der Waals surface area contributed by atoms with Crippen molar-refractivity contribution < 1.29 is 53.1 Å². The lowest BCUT2D eigenvalue weighted by Gasteiger charge is -2.34. The molecule has 13 N–H and O–H groups in total. The molecular formula is C46H75N13O11. The number of aromatic nitrogens is 2. The van der Waals surface area contributed by atoms with Crippen LogP contribution in [0, 0.1) is 11.8 Å². The summed E-state index contributed by atoms with van der Waals surface area (Å²) in [6.07, 6.45) is 6.21. The second-order valence-electron chi connectivity index (χ2n) is 19.5. The lowest BCUT2D eigenvalue weighted by atomic mass is 10.0. The quantitative estimate of drug-likeness (QED) is 0.0444.